The summed E-state index contributed by atoms with van der Waals surface area (Å²) < 4.78 is 44.4. The van der Waals surface area contributed by atoms with Crippen LogP contribution in [0.1, 0.15) is 12.5 Å². The molecule has 1 atom stereocenters. The molecule has 1 amide bonds. The maximum absolute atomic E-state index is 13.0. The number of amides is 1. The van der Waals surface area contributed by atoms with E-state index in [1.54, 1.807) is 0 Å². The Morgan fingerprint density at radius 2 is 1.90 bits per heavy atom. The largest absolute Gasteiger partial charge is 0.488 e. The molecule has 2 aromatic rings. The number of nitro groups is 1. The van der Waals surface area contributed by atoms with Gasteiger partial charge in [0.05, 0.1) is 9.95 Å². The summed E-state index contributed by atoms with van der Waals surface area (Å²) in [6.45, 7) is 0.488. The molecule has 12 heteroatoms. The molecule has 0 saturated carbocycles. The van der Waals surface area contributed by atoms with Crippen LogP contribution in [-0.4, -0.2) is 28.1 Å². The van der Waals surface area contributed by atoms with Crippen LogP contribution < -0.4 is 10.1 Å². The summed E-state index contributed by atoms with van der Waals surface area (Å²) in [7, 11) is 0. The maximum Gasteiger partial charge on any atom is 0.423 e. The Morgan fingerprint density at radius 3 is 2.45 bits per heavy atom. The summed E-state index contributed by atoms with van der Waals surface area (Å²) in [6, 6.07) is 6.18. The number of rotatable bonds is 6. The van der Waals surface area contributed by atoms with Crippen molar-refractivity contribution in [3.63, 3.8) is 0 Å². The number of nitro benzene ring substituents is 1. The Morgan fingerprint density at radius 1 is 1.24 bits per heavy atom. The normalized spacial score (nSPS) is 13.5. The highest BCUT2D eigenvalue weighted by molar-refractivity contribution is 6.35. The third kappa shape index (κ3) is 5.72. The molecule has 2 rings (SSSR count). The number of hydrogen-bond acceptors (Lipinski definition) is 5. The first kappa shape index (κ1) is 22.7. The third-order valence-electron chi connectivity index (χ3n) is 3.65. The van der Waals surface area contributed by atoms with Crippen LogP contribution in [0.2, 0.25) is 10.0 Å². The Kier molecular flexibility index (Phi) is 6.61. The third-order valence-corrected chi connectivity index (χ3v) is 4.18. The number of aliphatic hydroxyl groups is 1. The Bertz CT molecular complexity index is 951. The number of nitrogens with zero attached hydrogens (tertiary/aromatic N) is 1. The Balaban J connectivity index is 2.16. The minimum Gasteiger partial charge on any atom is -0.488 e. The van der Waals surface area contributed by atoms with Gasteiger partial charge in [-0.15, -0.1) is 0 Å². The monoisotopic (exact) mass is 452 g/mol. The number of benzene rings is 2. The molecule has 2 N–H and O–H groups in total. The fraction of sp³-hybridized carbons (Fsp3) is 0.235. The van der Waals surface area contributed by atoms with Crippen molar-refractivity contribution in [1.82, 2.24) is 0 Å². The van der Waals surface area contributed by atoms with E-state index in [0.29, 0.717) is 17.2 Å². The van der Waals surface area contributed by atoms with E-state index in [-0.39, 0.29) is 10.8 Å². The molecule has 0 heterocycles. The molecule has 0 radical (unpaired) electrons. The first-order valence-electron chi connectivity index (χ1n) is 7.78. The first-order chi connectivity index (χ1) is 13.3. The van der Waals surface area contributed by atoms with Gasteiger partial charge < -0.3 is 15.2 Å². The van der Waals surface area contributed by atoms with Crippen LogP contribution in [0.15, 0.2) is 36.4 Å². The molecule has 0 aliphatic heterocycles. The van der Waals surface area contributed by atoms with Crippen molar-refractivity contribution in [2.75, 3.05) is 11.9 Å². The second-order valence-corrected chi connectivity index (χ2v) is 6.92. The molecular formula is C17H13Cl2F3N2O5. The van der Waals surface area contributed by atoms with Crippen molar-refractivity contribution >= 4 is 40.5 Å². The topological polar surface area (TPSA) is 102 Å². The van der Waals surface area contributed by atoms with E-state index in [4.69, 9.17) is 27.9 Å². The van der Waals surface area contributed by atoms with Gasteiger partial charge in [-0.2, -0.15) is 13.2 Å². The number of anilines is 1. The SMILES string of the molecule is C[C@](O)(COc1ccc(Cl)cc1Cl)C(=O)Nc1ccc([N+](=O)[O-])c(C(F)(F)F)c1. The van der Waals surface area contributed by atoms with Crippen LogP contribution >= 0.6 is 23.2 Å². The van der Waals surface area contributed by atoms with Gasteiger partial charge in [-0.05, 0) is 37.3 Å². The standard InChI is InChI=1S/C17H13Cl2F3N2O5/c1-16(26,8-29-14-5-2-9(18)6-12(14)19)15(25)23-10-3-4-13(24(27)28)11(7-10)17(20,21)22/h2-7,26H,8H2,1H3,(H,23,25)/t16-/m0/s1. The number of hydrogen-bond donors (Lipinski definition) is 2. The lowest BCUT2D eigenvalue weighted by Crippen LogP contribution is -2.45. The van der Waals surface area contributed by atoms with E-state index < -0.39 is 46.2 Å². The average molecular weight is 453 g/mol. The fourth-order valence-electron chi connectivity index (χ4n) is 2.14. The van der Waals surface area contributed by atoms with Crippen LogP contribution in [0.5, 0.6) is 5.75 Å². The van der Waals surface area contributed by atoms with E-state index in [2.05, 4.69) is 5.32 Å². The molecular weight excluding hydrogens is 440 g/mol. The Hall–Kier alpha value is -2.56. The molecule has 0 bridgehead atoms. The molecule has 7 nitrogen and oxygen atoms in total. The number of carbonyl (C=O) groups is 1. The molecule has 29 heavy (non-hydrogen) atoms. The van der Waals surface area contributed by atoms with E-state index in [9.17, 15) is 33.2 Å². The van der Waals surface area contributed by atoms with Gasteiger partial charge in [-0.1, -0.05) is 23.2 Å². The number of ether oxygens (including phenoxy) is 1. The Labute approximate surface area is 172 Å². The number of halogens is 5. The van der Waals surface area contributed by atoms with Gasteiger partial charge in [0.15, 0.2) is 5.60 Å². The van der Waals surface area contributed by atoms with Gasteiger partial charge in [0.1, 0.15) is 17.9 Å². The highest BCUT2D eigenvalue weighted by Gasteiger charge is 2.39. The fourth-order valence-corrected chi connectivity index (χ4v) is 2.60. The zero-order valence-corrected chi connectivity index (χ0v) is 16.1. The van der Waals surface area contributed by atoms with E-state index >= 15 is 0 Å². The van der Waals surface area contributed by atoms with Gasteiger partial charge in [0, 0.05) is 16.8 Å². The zero-order valence-electron chi connectivity index (χ0n) is 14.6. The highest BCUT2D eigenvalue weighted by atomic mass is 35.5. The van der Waals surface area contributed by atoms with Crippen LogP contribution in [0.4, 0.5) is 24.5 Å². The summed E-state index contributed by atoms with van der Waals surface area (Å²) in [5.74, 6) is -0.969. The summed E-state index contributed by atoms with van der Waals surface area (Å²) >= 11 is 11.7. The van der Waals surface area contributed by atoms with Crippen molar-refractivity contribution < 1.29 is 32.7 Å². The number of nitrogens with one attached hydrogen (secondary N) is 1. The molecule has 0 fully saturated rings. The van der Waals surface area contributed by atoms with Crippen molar-refractivity contribution in [1.29, 1.82) is 0 Å². The van der Waals surface area contributed by atoms with E-state index in [1.807, 2.05) is 0 Å². The molecule has 0 saturated heterocycles. The molecule has 0 aromatic heterocycles. The molecule has 0 aliphatic rings. The predicted molar refractivity (Wildman–Crippen MR) is 99.3 cm³/mol. The second-order valence-electron chi connectivity index (χ2n) is 6.08. The summed E-state index contributed by atoms with van der Waals surface area (Å²) in [5, 5.41) is 23.6. The van der Waals surface area contributed by atoms with Crippen LogP contribution in [-0.2, 0) is 11.0 Å². The number of alkyl halides is 3. The molecule has 156 valence electrons. The summed E-state index contributed by atoms with van der Waals surface area (Å²) in [4.78, 5) is 21.8. The second kappa shape index (κ2) is 8.44. The van der Waals surface area contributed by atoms with Crippen LogP contribution in [0.3, 0.4) is 0 Å². The van der Waals surface area contributed by atoms with Gasteiger partial charge in [0.25, 0.3) is 11.6 Å². The van der Waals surface area contributed by atoms with Crippen molar-refractivity contribution in [2.24, 2.45) is 0 Å². The van der Waals surface area contributed by atoms with E-state index in [1.165, 1.54) is 18.2 Å². The minimum atomic E-state index is -5.01. The maximum atomic E-state index is 13.0. The van der Waals surface area contributed by atoms with E-state index in [0.717, 1.165) is 13.0 Å². The molecule has 2 aromatic carbocycles. The van der Waals surface area contributed by atoms with Gasteiger partial charge in [-0.25, -0.2) is 0 Å². The lowest BCUT2D eigenvalue weighted by atomic mass is 10.1. The molecule has 0 aliphatic carbocycles. The first-order valence-corrected chi connectivity index (χ1v) is 8.54. The average Bonchev–Trinajstić information content (AvgIpc) is 2.60. The van der Waals surface area contributed by atoms with Gasteiger partial charge in [-0.3, -0.25) is 14.9 Å². The highest BCUT2D eigenvalue weighted by Crippen LogP contribution is 2.37. The van der Waals surface area contributed by atoms with Crippen LogP contribution in [0.25, 0.3) is 0 Å². The molecule has 0 spiro atoms. The lowest BCUT2D eigenvalue weighted by Gasteiger charge is -2.23. The summed E-state index contributed by atoms with van der Waals surface area (Å²) in [5.41, 5.74) is -5.26. The lowest BCUT2D eigenvalue weighted by molar-refractivity contribution is -0.388. The number of carbonyl (C=O) groups excluding carboxylic acids is 1. The smallest absolute Gasteiger partial charge is 0.423 e. The van der Waals surface area contributed by atoms with Gasteiger partial charge >= 0.3 is 6.18 Å². The summed E-state index contributed by atoms with van der Waals surface area (Å²) in [6.07, 6.45) is -5.01. The quantitative estimate of drug-likeness (QED) is 0.488. The predicted octanol–water partition coefficient (Wildman–Crippen LogP) is 4.69. The molecule has 0 unspecified atom stereocenters. The van der Waals surface area contributed by atoms with Crippen molar-refractivity contribution in [3.05, 3.63) is 62.1 Å². The van der Waals surface area contributed by atoms with Crippen molar-refractivity contribution in [2.45, 2.75) is 18.7 Å². The van der Waals surface area contributed by atoms with Crippen LogP contribution in [0, 0.1) is 10.1 Å². The minimum absolute atomic E-state index is 0.124. The van der Waals surface area contributed by atoms with Gasteiger partial charge in [0.2, 0.25) is 0 Å². The zero-order chi connectivity index (χ0) is 22.0. The van der Waals surface area contributed by atoms with Crippen molar-refractivity contribution in [3.8, 4) is 5.75 Å².